The number of imide groups is 1. The minimum Gasteiger partial charge on any atom is -0.497 e. The second-order valence-electron chi connectivity index (χ2n) is 5.92. The smallest absolute Gasteiger partial charge is 0.333 e. The highest BCUT2D eigenvalue weighted by Crippen LogP contribution is 2.22. The van der Waals surface area contributed by atoms with Crippen molar-refractivity contribution in [1.29, 1.82) is 0 Å². The van der Waals surface area contributed by atoms with Crippen LogP contribution in [0.4, 0.5) is 0 Å². The Kier molecular flexibility index (Phi) is 5.83. The molecule has 0 saturated carbocycles. The molecule has 7 heteroatoms. The maximum Gasteiger partial charge on any atom is 0.333 e. The lowest BCUT2D eigenvalue weighted by molar-refractivity contribution is -0.168. The molecule has 0 radical (unpaired) electrons. The van der Waals surface area contributed by atoms with Gasteiger partial charge in [-0.05, 0) is 36.2 Å². The molecule has 0 spiro atoms. The van der Waals surface area contributed by atoms with E-state index in [1.54, 1.807) is 19.2 Å². The van der Waals surface area contributed by atoms with E-state index in [4.69, 9.17) is 14.3 Å². The highest BCUT2D eigenvalue weighted by atomic mass is 16.7. The minimum absolute atomic E-state index is 0.0377. The van der Waals surface area contributed by atoms with E-state index in [0.717, 1.165) is 11.3 Å². The van der Waals surface area contributed by atoms with Crippen molar-refractivity contribution in [2.75, 3.05) is 13.7 Å². The lowest BCUT2D eigenvalue weighted by Gasteiger charge is -2.12. The molecule has 3 rings (SSSR count). The van der Waals surface area contributed by atoms with Crippen LogP contribution in [0, 0.1) is 0 Å². The molecule has 27 heavy (non-hydrogen) atoms. The predicted molar refractivity (Wildman–Crippen MR) is 94.9 cm³/mol. The van der Waals surface area contributed by atoms with Gasteiger partial charge < -0.3 is 14.3 Å². The molecule has 2 aromatic rings. The third kappa shape index (κ3) is 4.32. The standard InChI is InChI=1S/C20H19NO6/c1-25-15-10-8-14(9-11-15)13-26-12-4-7-18(22)27-21-19(23)16-5-2-3-6-17(16)20(21)24/h2-3,5-6,8-11H,4,7,12-13H2,1H3. The second kappa shape index (κ2) is 8.46. The van der Waals surface area contributed by atoms with E-state index in [1.165, 1.54) is 12.1 Å². The number of carbonyl (C=O) groups excluding carboxylic acids is 3. The highest BCUT2D eigenvalue weighted by molar-refractivity contribution is 6.20. The molecular weight excluding hydrogens is 350 g/mol. The Morgan fingerprint density at radius 2 is 1.59 bits per heavy atom. The van der Waals surface area contributed by atoms with Crippen LogP contribution in [0.1, 0.15) is 39.1 Å². The van der Waals surface area contributed by atoms with Crippen LogP contribution in [-0.2, 0) is 21.0 Å². The molecule has 0 saturated heterocycles. The lowest BCUT2D eigenvalue weighted by Crippen LogP contribution is -2.32. The van der Waals surface area contributed by atoms with E-state index < -0.39 is 17.8 Å². The summed E-state index contributed by atoms with van der Waals surface area (Å²) < 4.78 is 10.6. The van der Waals surface area contributed by atoms with Crippen LogP contribution in [0.25, 0.3) is 0 Å². The van der Waals surface area contributed by atoms with Gasteiger partial charge in [0.15, 0.2) is 0 Å². The zero-order valence-corrected chi connectivity index (χ0v) is 14.8. The van der Waals surface area contributed by atoms with Crippen LogP contribution in [0.5, 0.6) is 5.75 Å². The molecule has 0 aliphatic carbocycles. The van der Waals surface area contributed by atoms with Crippen molar-refractivity contribution < 1.29 is 28.7 Å². The highest BCUT2D eigenvalue weighted by Gasteiger charge is 2.38. The van der Waals surface area contributed by atoms with Gasteiger partial charge in [-0.2, -0.15) is 0 Å². The first-order chi connectivity index (χ1) is 13.1. The fourth-order valence-electron chi connectivity index (χ4n) is 2.63. The van der Waals surface area contributed by atoms with Gasteiger partial charge in [0.25, 0.3) is 11.8 Å². The zero-order valence-electron chi connectivity index (χ0n) is 14.8. The number of benzene rings is 2. The number of methoxy groups -OCH3 is 1. The van der Waals surface area contributed by atoms with E-state index in [-0.39, 0.29) is 17.5 Å². The number of fused-ring (bicyclic) bond motifs is 1. The molecule has 1 aliphatic rings. The predicted octanol–water partition coefficient (Wildman–Crippen LogP) is 2.75. The van der Waals surface area contributed by atoms with Crippen LogP contribution in [0.2, 0.25) is 0 Å². The molecule has 1 aliphatic heterocycles. The van der Waals surface area contributed by atoms with Gasteiger partial charge in [-0.25, -0.2) is 4.79 Å². The third-order valence-electron chi connectivity index (χ3n) is 4.05. The molecule has 0 fully saturated rings. The van der Waals surface area contributed by atoms with E-state index in [0.29, 0.717) is 24.7 Å². The van der Waals surface area contributed by atoms with Crippen LogP contribution in [-0.4, -0.2) is 36.6 Å². The summed E-state index contributed by atoms with van der Waals surface area (Å²) in [5.74, 6) is -1.13. The van der Waals surface area contributed by atoms with Crippen molar-refractivity contribution in [3.63, 3.8) is 0 Å². The monoisotopic (exact) mass is 369 g/mol. The van der Waals surface area contributed by atoms with E-state index in [9.17, 15) is 14.4 Å². The van der Waals surface area contributed by atoms with Gasteiger partial charge in [0.1, 0.15) is 5.75 Å². The van der Waals surface area contributed by atoms with Crippen molar-refractivity contribution in [3.8, 4) is 5.75 Å². The summed E-state index contributed by atoms with van der Waals surface area (Å²) in [4.78, 5) is 41.1. The first-order valence-corrected chi connectivity index (χ1v) is 8.49. The summed E-state index contributed by atoms with van der Waals surface area (Å²) in [6, 6.07) is 13.8. The normalized spacial score (nSPS) is 12.9. The number of carbonyl (C=O) groups is 3. The molecular formula is C20H19NO6. The summed E-state index contributed by atoms with van der Waals surface area (Å²) in [5, 5.41) is 0.519. The molecule has 2 aromatic carbocycles. The van der Waals surface area contributed by atoms with E-state index in [2.05, 4.69) is 0 Å². The third-order valence-corrected chi connectivity index (χ3v) is 4.05. The Labute approximate surface area is 156 Å². The Balaban J connectivity index is 1.39. The first kappa shape index (κ1) is 18.6. The Morgan fingerprint density at radius 1 is 0.963 bits per heavy atom. The van der Waals surface area contributed by atoms with Crippen LogP contribution < -0.4 is 4.74 Å². The van der Waals surface area contributed by atoms with Gasteiger partial charge >= 0.3 is 5.97 Å². The van der Waals surface area contributed by atoms with Crippen molar-refractivity contribution in [3.05, 3.63) is 65.2 Å². The molecule has 140 valence electrons. The summed E-state index contributed by atoms with van der Waals surface area (Å²) in [5.41, 5.74) is 1.46. The number of hydrogen-bond donors (Lipinski definition) is 0. The average Bonchev–Trinajstić information content (AvgIpc) is 2.93. The topological polar surface area (TPSA) is 82.1 Å². The van der Waals surface area contributed by atoms with Gasteiger partial charge in [-0.15, -0.1) is 0 Å². The number of amides is 2. The van der Waals surface area contributed by atoms with Crippen LogP contribution in [0.15, 0.2) is 48.5 Å². The molecule has 0 unspecified atom stereocenters. The Morgan fingerprint density at radius 3 is 2.19 bits per heavy atom. The van der Waals surface area contributed by atoms with Crippen molar-refractivity contribution >= 4 is 17.8 Å². The fourth-order valence-corrected chi connectivity index (χ4v) is 2.63. The molecule has 0 N–H and O–H groups in total. The van der Waals surface area contributed by atoms with Crippen molar-refractivity contribution in [2.45, 2.75) is 19.4 Å². The lowest BCUT2D eigenvalue weighted by atomic mass is 10.1. The maximum atomic E-state index is 12.1. The average molecular weight is 369 g/mol. The number of nitrogens with zero attached hydrogens (tertiary/aromatic N) is 1. The molecule has 0 bridgehead atoms. The summed E-state index contributed by atoms with van der Waals surface area (Å²) in [6.07, 6.45) is 0.453. The van der Waals surface area contributed by atoms with Crippen LogP contribution in [0.3, 0.4) is 0 Å². The molecule has 0 aromatic heterocycles. The van der Waals surface area contributed by atoms with Crippen LogP contribution >= 0.6 is 0 Å². The SMILES string of the molecule is COc1ccc(COCCCC(=O)ON2C(=O)c3ccccc3C2=O)cc1. The molecule has 2 amide bonds. The second-order valence-corrected chi connectivity index (χ2v) is 5.92. The summed E-state index contributed by atoms with van der Waals surface area (Å²) in [6.45, 7) is 0.765. The number of rotatable bonds is 8. The largest absolute Gasteiger partial charge is 0.497 e. The number of hydrogen-bond acceptors (Lipinski definition) is 6. The van der Waals surface area contributed by atoms with Gasteiger partial charge in [-0.3, -0.25) is 9.59 Å². The first-order valence-electron chi connectivity index (χ1n) is 8.49. The van der Waals surface area contributed by atoms with Crippen molar-refractivity contribution in [2.24, 2.45) is 0 Å². The minimum atomic E-state index is -0.655. The summed E-state index contributed by atoms with van der Waals surface area (Å²) in [7, 11) is 1.60. The maximum absolute atomic E-state index is 12.1. The van der Waals surface area contributed by atoms with Gasteiger partial charge in [0.05, 0.1) is 31.3 Å². The van der Waals surface area contributed by atoms with E-state index in [1.807, 2.05) is 24.3 Å². The van der Waals surface area contributed by atoms with Crippen molar-refractivity contribution in [1.82, 2.24) is 5.06 Å². The van der Waals surface area contributed by atoms with Gasteiger partial charge in [0.2, 0.25) is 0 Å². The number of ether oxygens (including phenoxy) is 2. The molecule has 7 nitrogen and oxygen atoms in total. The molecule has 0 atom stereocenters. The summed E-state index contributed by atoms with van der Waals surface area (Å²) >= 11 is 0. The number of hydroxylamine groups is 2. The van der Waals surface area contributed by atoms with Gasteiger partial charge in [0, 0.05) is 6.61 Å². The quantitative estimate of drug-likeness (QED) is 0.526. The van der Waals surface area contributed by atoms with Gasteiger partial charge in [-0.1, -0.05) is 29.3 Å². The fraction of sp³-hybridized carbons (Fsp3) is 0.250. The Bertz CT molecular complexity index is 811. The molecule has 1 heterocycles. The van der Waals surface area contributed by atoms with E-state index >= 15 is 0 Å². The zero-order chi connectivity index (χ0) is 19.2. The Hall–Kier alpha value is -3.19.